The number of fused-ring (bicyclic) bond motifs is 1. The van der Waals surface area contributed by atoms with Gasteiger partial charge in [0.25, 0.3) is 5.91 Å². The van der Waals surface area contributed by atoms with Gasteiger partial charge in [-0.3, -0.25) is 24.5 Å². The molecule has 0 spiro atoms. The van der Waals surface area contributed by atoms with Crippen LogP contribution < -0.4 is 20.3 Å². The number of piperazine rings is 1. The van der Waals surface area contributed by atoms with Crippen LogP contribution in [-0.4, -0.2) is 126 Å². The van der Waals surface area contributed by atoms with Crippen LogP contribution in [0.1, 0.15) is 74.1 Å². The van der Waals surface area contributed by atoms with Crippen LogP contribution in [0.4, 0.5) is 11.4 Å². The van der Waals surface area contributed by atoms with E-state index in [9.17, 15) is 24.0 Å². The number of aromatic amines is 1. The average Bonchev–Trinajstić information content (AvgIpc) is 3.63. The number of imide groups is 1. The van der Waals surface area contributed by atoms with Crippen molar-refractivity contribution in [1.82, 2.24) is 25.1 Å². The smallest absolute Gasteiger partial charge is 0.257 e. The molecule has 59 heavy (non-hydrogen) atoms. The molecule has 2 fully saturated rings. The largest absolute Gasteiger partial charge is 0.488 e. The first kappa shape index (κ1) is 44.8. The zero-order valence-electron chi connectivity index (χ0n) is 34.9. The number of H-pyrrole nitrogens is 1. The Morgan fingerprint density at radius 3 is 2.37 bits per heavy atom. The number of rotatable bonds is 17. The molecule has 2 aliphatic heterocycles. The molecular weight excluding hydrogens is 771 g/mol. The molecule has 4 aromatic rings. The van der Waals surface area contributed by atoms with Crippen molar-refractivity contribution >= 4 is 64.5 Å². The Labute approximate surface area is 350 Å². The van der Waals surface area contributed by atoms with Crippen LogP contribution in [-0.2, 0) is 19.1 Å². The predicted octanol–water partition coefficient (Wildman–Crippen LogP) is 5.83. The second kappa shape index (κ2) is 20.6. The molecule has 1 unspecified atom stereocenters. The Balaban J connectivity index is 0.000000428. The van der Waals surface area contributed by atoms with Crippen LogP contribution in [0.3, 0.4) is 0 Å². The number of aldehydes is 2. The van der Waals surface area contributed by atoms with E-state index in [0.717, 1.165) is 54.4 Å². The number of aromatic nitrogens is 2. The molecule has 14 nitrogen and oxygen atoms in total. The molecule has 2 saturated heterocycles. The van der Waals surface area contributed by atoms with Crippen molar-refractivity contribution in [2.45, 2.75) is 75.8 Å². The third-order valence-corrected chi connectivity index (χ3v) is 11.2. The van der Waals surface area contributed by atoms with Crippen molar-refractivity contribution in [2.24, 2.45) is 0 Å². The maximum atomic E-state index is 13.5. The highest BCUT2D eigenvalue weighted by atomic mass is 32.2. The van der Waals surface area contributed by atoms with Gasteiger partial charge in [-0.05, 0) is 90.0 Å². The van der Waals surface area contributed by atoms with Gasteiger partial charge < -0.3 is 39.3 Å². The highest BCUT2D eigenvalue weighted by molar-refractivity contribution is 7.99. The van der Waals surface area contributed by atoms with Crippen molar-refractivity contribution in [3.63, 3.8) is 0 Å². The standard InChI is InChI=1S/C35H49N5O6.C9H8N2OS/c1-34(2,45-23-17-35(3,4)46-27-12-10-26(11-13-27)40-21-19-38(5)20-22-40)16-18-36-28-9-7-8-25(24-41)31(28)33(44)39(6)29-14-15-30(42)37-32(29)43;12-5-6-13-9-10-7-3-1-2-4-8(7)11-9/h7-13,24,29,36H,14-23H2,1-6H3,(H,37,42,43);1-5H,6H2,(H,10,11). The van der Waals surface area contributed by atoms with Gasteiger partial charge in [0.15, 0.2) is 11.4 Å². The molecule has 3 aromatic carbocycles. The molecule has 6 rings (SSSR count). The van der Waals surface area contributed by atoms with Gasteiger partial charge >= 0.3 is 0 Å². The summed E-state index contributed by atoms with van der Waals surface area (Å²) in [4.78, 5) is 72.9. The molecule has 316 valence electrons. The number of nitrogens with one attached hydrogen (secondary N) is 3. The highest BCUT2D eigenvalue weighted by Crippen LogP contribution is 2.28. The summed E-state index contributed by atoms with van der Waals surface area (Å²) < 4.78 is 12.6. The lowest BCUT2D eigenvalue weighted by Crippen LogP contribution is -2.53. The number of carbonyl (C=O) groups excluding carboxylic acids is 5. The number of carbonyl (C=O) groups is 5. The van der Waals surface area contributed by atoms with E-state index in [0.29, 0.717) is 43.7 Å². The summed E-state index contributed by atoms with van der Waals surface area (Å²) in [6, 6.07) is 20.3. The second-order valence-corrected chi connectivity index (χ2v) is 17.0. The Bertz CT molecular complexity index is 2030. The fraction of sp³-hybridized carbons (Fsp3) is 0.455. The first-order chi connectivity index (χ1) is 28.2. The molecule has 0 saturated carbocycles. The maximum absolute atomic E-state index is 13.5. The van der Waals surface area contributed by atoms with Crippen LogP contribution in [0, 0.1) is 0 Å². The van der Waals surface area contributed by atoms with E-state index < -0.39 is 29.1 Å². The van der Waals surface area contributed by atoms with Gasteiger partial charge in [-0.1, -0.05) is 36.0 Å². The Morgan fingerprint density at radius 1 is 0.966 bits per heavy atom. The quantitative estimate of drug-likeness (QED) is 0.0664. The minimum Gasteiger partial charge on any atom is -0.488 e. The monoisotopic (exact) mass is 827 g/mol. The fourth-order valence-electron chi connectivity index (χ4n) is 6.84. The molecule has 0 radical (unpaired) electrons. The van der Waals surface area contributed by atoms with Gasteiger partial charge in [0.2, 0.25) is 11.8 Å². The fourth-order valence-corrected chi connectivity index (χ4v) is 7.41. The second-order valence-electron chi connectivity index (χ2n) is 16.0. The van der Waals surface area contributed by atoms with E-state index in [-0.39, 0.29) is 29.9 Å². The van der Waals surface area contributed by atoms with E-state index in [2.05, 4.69) is 63.4 Å². The number of benzene rings is 3. The lowest BCUT2D eigenvalue weighted by Gasteiger charge is -2.34. The number of anilines is 2. The molecule has 3 heterocycles. The summed E-state index contributed by atoms with van der Waals surface area (Å²) in [5, 5.41) is 6.38. The minimum atomic E-state index is -0.792. The lowest BCUT2D eigenvalue weighted by atomic mass is 10.00. The number of para-hydroxylation sites is 2. The van der Waals surface area contributed by atoms with Crippen molar-refractivity contribution in [1.29, 1.82) is 0 Å². The summed E-state index contributed by atoms with van der Waals surface area (Å²) in [6.07, 6.45) is 3.21. The zero-order valence-corrected chi connectivity index (χ0v) is 35.7. The molecule has 1 aromatic heterocycles. The van der Waals surface area contributed by atoms with E-state index in [1.807, 2.05) is 50.2 Å². The predicted molar refractivity (Wildman–Crippen MR) is 232 cm³/mol. The molecule has 3 N–H and O–H groups in total. The van der Waals surface area contributed by atoms with Gasteiger partial charge in [0.05, 0.1) is 34.6 Å². The number of nitrogens with zero attached hydrogens (tertiary/aromatic N) is 4. The van der Waals surface area contributed by atoms with Gasteiger partial charge in [0.1, 0.15) is 23.7 Å². The molecular formula is C44H57N7O7S. The number of piperidine rings is 1. The summed E-state index contributed by atoms with van der Waals surface area (Å²) in [6.45, 7) is 13.3. The van der Waals surface area contributed by atoms with Gasteiger partial charge in [-0.25, -0.2) is 4.98 Å². The van der Waals surface area contributed by atoms with E-state index >= 15 is 0 Å². The number of hydrogen-bond donors (Lipinski definition) is 3. The Hall–Kier alpha value is -5.25. The number of hydrogen-bond acceptors (Lipinski definition) is 12. The van der Waals surface area contributed by atoms with Gasteiger partial charge in [-0.15, -0.1) is 0 Å². The molecule has 0 bridgehead atoms. The van der Waals surface area contributed by atoms with E-state index in [1.54, 1.807) is 18.2 Å². The zero-order chi connectivity index (χ0) is 42.6. The van der Waals surface area contributed by atoms with Gasteiger partial charge in [0, 0.05) is 69.6 Å². The average molecular weight is 828 g/mol. The molecule has 0 aliphatic carbocycles. The molecule has 3 amide bonds. The normalized spacial score (nSPS) is 16.2. The number of ether oxygens (including phenoxy) is 2. The van der Waals surface area contributed by atoms with Crippen LogP contribution in [0.2, 0.25) is 0 Å². The number of thioether (sulfide) groups is 1. The summed E-state index contributed by atoms with van der Waals surface area (Å²) in [5.74, 6) is -0.0642. The minimum absolute atomic E-state index is 0.150. The van der Waals surface area contributed by atoms with Crippen LogP contribution in [0.25, 0.3) is 11.0 Å². The topological polar surface area (TPSA) is 166 Å². The first-order valence-corrected chi connectivity index (χ1v) is 21.0. The SMILES string of the molecule is CN1CCN(c2ccc(OC(C)(C)CCOC(C)(C)CCNc3cccc(C=O)c3C(=O)N(C)C3CCC(=O)NC3=O)cc2)CC1.O=CCSc1nc2ccccc2[nH]1. The van der Waals surface area contributed by atoms with Gasteiger partial charge in [-0.2, -0.15) is 0 Å². The van der Waals surface area contributed by atoms with Crippen LogP contribution >= 0.6 is 11.8 Å². The first-order valence-electron chi connectivity index (χ1n) is 20.0. The van der Waals surface area contributed by atoms with Crippen LogP contribution in [0.15, 0.2) is 71.9 Å². The third-order valence-electron chi connectivity index (χ3n) is 10.4. The highest BCUT2D eigenvalue weighted by Gasteiger charge is 2.34. The van der Waals surface area contributed by atoms with Crippen molar-refractivity contribution in [3.8, 4) is 5.75 Å². The molecule has 2 aliphatic rings. The Kier molecular flexibility index (Phi) is 15.7. The number of amides is 3. The van der Waals surface area contributed by atoms with E-state index in [1.165, 1.54) is 29.4 Å². The van der Waals surface area contributed by atoms with Crippen molar-refractivity contribution < 1.29 is 33.4 Å². The molecule has 15 heteroatoms. The van der Waals surface area contributed by atoms with E-state index in [4.69, 9.17) is 9.47 Å². The summed E-state index contributed by atoms with van der Waals surface area (Å²) >= 11 is 1.41. The summed E-state index contributed by atoms with van der Waals surface area (Å²) in [5.41, 5.74) is 3.18. The van der Waals surface area contributed by atoms with Crippen molar-refractivity contribution in [2.75, 3.05) is 69.4 Å². The summed E-state index contributed by atoms with van der Waals surface area (Å²) in [7, 11) is 3.67. The third kappa shape index (κ3) is 12.9. The number of likely N-dealkylation sites (N-methyl/N-ethyl adjacent to an activating group) is 2. The number of imidazole rings is 1. The lowest BCUT2D eigenvalue weighted by molar-refractivity contribution is -0.136. The van der Waals surface area contributed by atoms with Crippen molar-refractivity contribution in [3.05, 3.63) is 77.9 Å². The maximum Gasteiger partial charge on any atom is 0.257 e. The molecule has 1 atom stereocenters. The van der Waals surface area contributed by atoms with Crippen LogP contribution in [0.5, 0.6) is 5.75 Å². The Morgan fingerprint density at radius 2 is 1.69 bits per heavy atom.